The molecule has 2 nitrogen and oxygen atoms in total. The normalized spacial score (nSPS) is 30.2. The lowest BCUT2D eigenvalue weighted by atomic mass is 9.83. The lowest BCUT2D eigenvalue weighted by Gasteiger charge is -2.38. The molecule has 0 bridgehead atoms. The maximum atomic E-state index is 10.2. The molecule has 1 aliphatic rings. The number of aliphatic hydroxyl groups excluding tert-OH is 1. The van der Waals surface area contributed by atoms with Crippen LogP contribution in [0.1, 0.15) is 59.8 Å². The van der Waals surface area contributed by atoms with Crippen molar-refractivity contribution in [2.75, 3.05) is 6.61 Å². The van der Waals surface area contributed by atoms with Crippen LogP contribution in [-0.4, -0.2) is 23.4 Å². The second kappa shape index (κ2) is 4.84. The summed E-state index contributed by atoms with van der Waals surface area (Å²) in [6, 6.07) is 0. The summed E-state index contributed by atoms with van der Waals surface area (Å²) < 4.78 is 5.74. The van der Waals surface area contributed by atoms with Gasteiger partial charge in [-0.05, 0) is 44.4 Å². The highest BCUT2D eigenvalue weighted by atomic mass is 16.5. The highest BCUT2D eigenvalue weighted by Gasteiger charge is 2.35. The van der Waals surface area contributed by atoms with Crippen LogP contribution in [0.15, 0.2) is 0 Å². The van der Waals surface area contributed by atoms with E-state index in [0.29, 0.717) is 5.41 Å². The van der Waals surface area contributed by atoms with E-state index in [1.165, 1.54) is 6.42 Å². The van der Waals surface area contributed by atoms with Gasteiger partial charge < -0.3 is 9.84 Å². The van der Waals surface area contributed by atoms with E-state index >= 15 is 0 Å². The largest absolute Gasteiger partial charge is 0.390 e. The number of hydrogen-bond donors (Lipinski definition) is 1. The van der Waals surface area contributed by atoms with Gasteiger partial charge in [-0.2, -0.15) is 0 Å². The first kappa shape index (κ1) is 13.0. The number of ether oxygens (including phenoxy) is 1. The Morgan fingerprint density at radius 2 is 2.00 bits per heavy atom. The van der Waals surface area contributed by atoms with E-state index in [0.717, 1.165) is 32.3 Å². The molecule has 0 amide bonds. The average Bonchev–Trinajstić information content (AvgIpc) is 2.14. The van der Waals surface area contributed by atoms with Crippen LogP contribution in [-0.2, 0) is 4.74 Å². The molecule has 1 saturated heterocycles. The molecule has 1 fully saturated rings. The minimum absolute atomic E-state index is 0.288. The quantitative estimate of drug-likeness (QED) is 0.782. The van der Waals surface area contributed by atoms with Crippen molar-refractivity contribution in [3.63, 3.8) is 0 Å². The van der Waals surface area contributed by atoms with E-state index in [-0.39, 0.29) is 11.7 Å². The SMILES string of the molecule is CC(C)(C)CCC(O)C1(C)CCCCO1. The highest BCUT2D eigenvalue weighted by molar-refractivity contribution is 4.87. The number of aliphatic hydroxyl groups is 1. The molecule has 1 heterocycles. The van der Waals surface area contributed by atoms with Crippen molar-refractivity contribution in [3.8, 4) is 0 Å². The van der Waals surface area contributed by atoms with Crippen molar-refractivity contribution in [2.24, 2.45) is 5.41 Å². The van der Waals surface area contributed by atoms with Gasteiger partial charge in [-0.1, -0.05) is 20.8 Å². The number of hydrogen-bond acceptors (Lipinski definition) is 2. The summed E-state index contributed by atoms with van der Waals surface area (Å²) in [6.07, 6.45) is 4.91. The smallest absolute Gasteiger partial charge is 0.0912 e. The second-order valence-electron chi connectivity index (χ2n) is 6.23. The second-order valence-corrected chi connectivity index (χ2v) is 6.23. The Morgan fingerprint density at radius 1 is 1.33 bits per heavy atom. The van der Waals surface area contributed by atoms with Gasteiger partial charge in [0.1, 0.15) is 0 Å². The molecule has 90 valence electrons. The maximum absolute atomic E-state index is 10.2. The van der Waals surface area contributed by atoms with Gasteiger partial charge in [-0.25, -0.2) is 0 Å². The van der Waals surface area contributed by atoms with Crippen LogP contribution in [0.4, 0.5) is 0 Å². The van der Waals surface area contributed by atoms with Crippen molar-refractivity contribution in [3.05, 3.63) is 0 Å². The molecule has 0 spiro atoms. The molecular weight excluding hydrogens is 188 g/mol. The fourth-order valence-corrected chi connectivity index (χ4v) is 2.09. The Kier molecular flexibility index (Phi) is 4.19. The van der Waals surface area contributed by atoms with Gasteiger partial charge >= 0.3 is 0 Å². The third-order valence-electron chi connectivity index (χ3n) is 3.37. The van der Waals surface area contributed by atoms with E-state index in [1.54, 1.807) is 0 Å². The van der Waals surface area contributed by atoms with Crippen LogP contribution in [0.3, 0.4) is 0 Å². The molecule has 1 aliphatic heterocycles. The molecule has 0 aliphatic carbocycles. The molecular formula is C13H26O2. The summed E-state index contributed by atoms with van der Waals surface area (Å²) in [5.41, 5.74) is 0.00943. The Labute approximate surface area is 94.0 Å². The summed E-state index contributed by atoms with van der Waals surface area (Å²) in [6.45, 7) is 9.50. The highest BCUT2D eigenvalue weighted by Crippen LogP contribution is 2.32. The molecule has 0 aromatic heterocycles. The average molecular weight is 214 g/mol. The van der Waals surface area contributed by atoms with Crippen LogP contribution in [0.25, 0.3) is 0 Å². The molecule has 2 atom stereocenters. The topological polar surface area (TPSA) is 29.5 Å². The lowest BCUT2D eigenvalue weighted by Crippen LogP contribution is -2.44. The molecule has 2 heteroatoms. The minimum Gasteiger partial charge on any atom is -0.390 e. The Morgan fingerprint density at radius 3 is 2.47 bits per heavy atom. The molecule has 0 radical (unpaired) electrons. The summed E-state index contributed by atoms with van der Waals surface area (Å²) in [7, 11) is 0. The summed E-state index contributed by atoms with van der Waals surface area (Å²) in [5.74, 6) is 0. The predicted octanol–water partition coefficient (Wildman–Crippen LogP) is 3.13. The zero-order valence-electron chi connectivity index (χ0n) is 10.7. The zero-order valence-corrected chi connectivity index (χ0v) is 10.7. The standard InChI is InChI=1S/C13H26O2/c1-12(2,3)9-7-11(14)13(4)8-5-6-10-15-13/h11,14H,5-10H2,1-4H3. The fourth-order valence-electron chi connectivity index (χ4n) is 2.09. The van der Waals surface area contributed by atoms with Gasteiger partial charge in [0.2, 0.25) is 0 Å². The maximum Gasteiger partial charge on any atom is 0.0912 e. The van der Waals surface area contributed by atoms with Crippen molar-refractivity contribution in [1.82, 2.24) is 0 Å². The monoisotopic (exact) mass is 214 g/mol. The fraction of sp³-hybridized carbons (Fsp3) is 1.00. The van der Waals surface area contributed by atoms with Crippen molar-refractivity contribution in [2.45, 2.75) is 71.5 Å². The van der Waals surface area contributed by atoms with Crippen molar-refractivity contribution in [1.29, 1.82) is 0 Å². The van der Waals surface area contributed by atoms with Crippen LogP contribution < -0.4 is 0 Å². The van der Waals surface area contributed by atoms with Gasteiger partial charge in [0.25, 0.3) is 0 Å². The predicted molar refractivity (Wildman–Crippen MR) is 62.9 cm³/mol. The van der Waals surface area contributed by atoms with Crippen LogP contribution >= 0.6 is 0 Å². The third kappa shape index (κ3) is 4.12. The van der Waals surface area contributed by atoms with Gasteiger partial charge in [0.15, 0.2) is 0 Å². The molecule has 0 aromatic rings. The number of rotatable bonds is 3. The lowest BCUT2D eigenvalue weighted by molar-refractivity contribution is -0.139. The van der Waals surface area contributed by atoms with Crippen LogP contribution in [0.2, 0.25) is 0 Å². The first-order chi connectivity index (χ1) is 6.83. The van der Waals surface area contributed by atoms with Crippen LogP contribution in [0.5, 0.6) is 0 Å². The summed E-state index contributed by atoms with van der Waals surface area (Å²) in [4.78, 5) is 0. The van der Waals surface area contributed by atoms with E-state index in [4.69, 9.17) is 4.74 Å². The molecule has 1 rings (SSSR count). The zero-order chi connectivity index (χ0) is 11.5. The molecule has 0 aromatic carbocycles. The van der Waals surface area contributed by atoms with Gasteiger partial charge in [0, 0.05) is 6.61 Å². The van der Waals surface area contributed by atoms with E-state index in [1.807, 2.05) is 0 Å². The van der Waals surface area contributed by atoms with E-state index in [9.17, 15) is 5.11 Å². The molecule has 15 heavy (non-hydrogen) atoms. The minimum atomic E-state index is -0.308. The Hall–Kier alpha value is -0.0800. The summed E-state index contributed by atoms with van der Waals surface area (Å²) >= 11 is 0. The first-order valence-corrected chi connectivity index (χ1v) is 6.16. The Bertz CT molecular complexity index is 187. The van der Waals surface area contributed by atoms with Crippen LogP contribution in [0, 0.1) is 5.41 Å². The van der Waals surface area contributed by atoms with E-state index < -0.39 is 0 Å². The van der Waals surface area contributed by atoms with Gasteiger partial charge in [0.05, 0.1) is 11.7 Å². The molecule has 1 N–H and O–H groups in total. The van der Waals surface area contributed by atoms with Crippen molar-refractivity contribution < 1.29 is 9.84 Å². The molecule has 0 saturated carbocycles. The first-order valence-electron chi connectivity index (χ1n) is 6.16. The van der Waals surface area contributed by atoms with Crippen molar-refractivity contribution >= 4 is 0 Å². The van der Waals surface area contributed by atoms with Gasteiger partial charge in [-0.3, -0.25) is 0 Å². The van der Waals surface area contributed by atoms with Gasteiger partial charge in [-0.15, -0.1) is 0 Å². The molecule has 2 unspecified atom stereocenters. The third-order valence-corrected chi connectivity index (χ3v) is 3.37. The Balaban J connectivity index is 2.41. The summed E-state index contributed by atoms with van der Waals surface area (Å²) in [5, 5.41) is 10.2. The van der Waals surface area contributed by atoms with E-state index in [2.05, 4.69) is 27.7 Å².